The van der Waals surface area contributed by atoms with E-state index in [1.54, 1.807) is 0 Å². The number of hydrogen-bond acceptors (Lipinski definition) is 9. The first-order chi connectivity index (χ1) is 15.1. The molecule has 1 aromatic carbocycles. The van der Waals surface area contributed by atoms with Gasteiger partial charge in [-0.25, -0.2) is 4.79 Å². The first-order valence-corrected chi connectivity index (χ1v) is 10.6. The maximum absolute atomic E-state index is 12.6. The normalized spacial score (nSPS) is 25.4. The van der Waals surface area contributed by atoms with Crippen LogP contribution in [0.2, 0.25) is 5.02 Å². The third kappa shape index (κ3) is 6.00. The van der Waals surface area contributed by atoms with Gasteiger partial charge in [-0.3, -0.25) is 4.79 Å². The number of carbonyl (C=O) groups is 2. The Morgan fingerprint density at radius 1 is 1.16 bits per heavy atom. The number of aliphatic hydroxyl groups excluding tert-OH is 3. The summed E-state index contributed by atoms with van der Waals surface area (Å²) in [6.07, 6.45) is -8.38. The molecule has 12 heteroatoms. The molecule has 5 atom stereocenters. The number of amides is 1. The van der Waals surface area contributed by atoms with E-state index in [0.717, 1.165) is 13.1 Å². The highest BCUT2D eigenvalue weighted by molar-refractivity contribution is 6.33. The fraction of sp³-hybridized carbons (Fsp3) is 0.600. The van der Waals surface area contributed by atoms with E-state index in [1.165, 1.54) is 19.2 Å². The Morgan fingerprint density at radius 2 is 1.81 bits per heavy atom. The second-order valence-electron chi connectivity index (χ2n) is 7.25. The molecule has 1 fully saturated rings. The van der Waals surface area contributed by atoms with Crippen LogP contribution >= 0.6 is 11.6 Å². The Morgan fingerprint density at radius 3 is 2.38 bits per heavy atom. The Hall–Kier alpha value is -2.15. The number of halogens is 1. The summed E-state index contributed by atoms with van der Waals surface area (Å²) in [6, 6.07) is 2.76. The zero-order chi connectivity index (χ0) is 24.0. The van der Waals surface area contributed by atoms with E-state index < -0.39 is 36.6 Å². The van der Waals surface area contributed by atoms with E-state index >= 15 is 0 Å². The number of nitrogens with zero attached hydrogens (tertiary/aromatic N) is 1. The molecule has 0 aliphatic carbocycles. The van der Waals surface area contributed by atoms with Crippen LogP contribution in [0.15, 0.2) is 12.1 Å². The summed E-state index contributed by atoms with van der Waals surface area (Å²) < 4.78 is 10.5. The van der Waals surface area contributed by atoms with Crippen molar-refractivity contribution < 1.29 is 39.5 Å². The Balaban J connectivity index is 2.17. The monoisotopic (exact) mass is 475 g/mol. The molecule has 32 heavy (non-hydrogen) atoms. The zero-order valence-corrected chi connectivity index (χ0v) is 18.9. The molecular weight excluding hydrogens is 446 g/mol. The predicted octanol–water partition coefficient (Wildman–Crippen LogP) is -0.276. The Labute approximate surface area is 190 Å². The topological polar surface area (TPSA) is 161 Å². The number of ether oxygens (including phenoxy) is 2. The van der Waals surface area contributed by atoms with Crippen LogP contribution in [0.25, 0.3) is 0 Å². The summed E-state index contributed by atoms with van der Waals surface area (Å²) in [6.45, 7) is 6.91. The van der Waals surface area contributed by atoms with Gasteiger partial charge in [0.25, 0.3) is 5.91 Å². The number of anilines is 1. The Bertz CT molecular complexity index is 807. The van der Waals surface area contributed by atoms with Crippen LogP contribution in [0.1, 0.15) is 24.2 Å². The molecule has 1 aliphatic heterocycles. The van der Waals surface area contributed by atoms with Crippen molar-refractivity contribution in [2.45, 2.75) is 44.5 Å². The standard InChI is InChI=1S/C20H30ClN3O8/c1-4-24(5-2)7-6-22-18(28)10-8-11(21)12(9-13(10)31-3)23-19-16(27)14(25)15(26)17(32-19)20(29)30/h8-9,14-17,19,23,25-27H,4-7H2,1-3H3,(H,22,28)(H,29,30)/t14?,15-,16?,17?,19+/m0/s1. The van der Waals surface area contributed by atoms with Gasteiger partial charge >= 0.3 is 5.97 Å². The van der Waals surface area contributed by atoms with Crippen molar-refractivity contribution >= 4 is 29.2 Å². The summed E-state index contributed by atoms with van der Waals surface area (Å²) in [5.41, 5.74) is 0.353. The molecule has 1 heterocycles. The lowest BCUT2D eigenvalue weighted by molar-refractivity contribution is -0.221. The first-order valence-electron chi connectivity index (χ1n) is 10.2. The van der Waals surface area contributed by atoms with E-state index in [-0.39, 0.29) is 27.9 Å². The average Bonchev–Trinajstić information content (AvgIpc) is 2.77. The van der Waals surface area contributed by atoms with Gasteiger partial charge in [-0.05, 0) is 19.2 Å². The van der Waals surface area contributed by atoms with Gasteiger partial charge in [-0.1, -0.05) is 25.4 Å². The second-order valence-corrected chi connectivity index (χ2v) is 7.65. The van der Waals surface area contributed by atoms with Gasteiger partial charge in [0.1, 0.15) is 24.1 Å². The van der Waals surface area contributed by atoms with Crippen LogP contribution < -0.4 is 15.4 Å². The molecule has 0 radical (unpaired) electrons. The van der Waals surface area contributed by atoms with Crippen molar-refractivity contribution in [2.24, 2.45) is 0 Å². The van der Waals surface area contributed by atoms with Crippen molar-refractivity contribution in [1.29, 1.82) is 0 Å². The van der Waals surface area contributed by atoms with Crippen molar-refractivity contribution in [3.05, 3.63) is 22.7 Å². The number of aliphatic hydroxyl groups is 3. The highest BCUT2D eigenvalue weighted by atomic mass is 35.5. The van der Waals surface area contributed by atoms with Crippen molar-refractivity contribution in [2.75, 3.05) is 38.6 Å². The van der Waals surface area contributed by atoms with Gasteiger partial charge in [0, 0.05) is 19.2 Å². The highest BCUT2D eigenvalue weighted by Gasteiger charge is 2.47. The molecule has 0 bridgehead atoms. The fourth-order valence-corrected chi connectivity index (χ4v) is 3.55. The summed E-state index contributed by atoms with van der Waals surface area (Å²) in [7, 11) is 1.37. The Kier molecular flexibility index (Phi) is 9.49. The first kappa shape index (κ1) is 26.1. The quantitative estimate of drug-likeness (QED) is 0.265. The van der Waals surface area contributed by atoms with Gasteiger partial charge in [0.05, 0.1) is 23.4 Å². The minimum absolute atomic E-state index is 0.0722. The van der Waals surface area contributed by atoms with Gasteiger partial charge in [-0.2, -0.15) is 0 Å². The number of carboxylic acid groups (broad SMARTS) is 1. The van der Waals surface area contributed by atoms with Crippen LogP contribution in [0.4, 0.5) is 5.69 Å². The number of rotatable bonds is 10. The van der Waals surface area contributed by atoms with Gasteiger partial charge in [0.2, 0.25) is 0 Å². The van der Waals surface area contributed by atoms with E-state index in [2.05, 4.69) is 15.5 Å². The molecule has 1 amide bonds. The lowest BCUT2D eigenvalue weighted by atomic mass is 9.98. The molecular formula is C20H30ClN3O8. The molecule has 2 rings (SSSR count). The predicted molar refractivity (Wildman–Crippen MR) is 116 cm³/mol. The molecule has 1 aromatic rings. The van der Waals surface area contributed by atoms with Crippen molar-refractivity contribution in [3.8, 4) is 5.75 Å². The molecule has 180 valence electrons. The number of methoxy groups -OCH3 is 1. The summed E-state index contributed by atoms with van der Waals surface area (Å²) >= 11 is 6.29. The number of benzene rings is 1. The minimum atomic E-state index is -1.81. The van der Waals surface area contributed by atoms with Gasteiger partial charge < -0.3 is 45.4 Å². The van der Waals surface area contributed by atoms with Gasteiger partial charge in [-0.15, -0.1) is 0 Å². The largest absolute Gasteiger partial charge is 0.496 e. The number of carbonyl (C=O) groups excluding carboxylic acids is 1. The lowest BCUT2D eigenvalue weighted by Gasteiger charge is -2.39. The van der Waals surface area contributed by atoms with Crippen LogP contribution in [0, 0.1) is 0 Å². The lowest BCUT2D eigenvalue weighted by Crippen LogP contribution is -2.61. The highest BCUT2D eigenvalue weighted by Crippen LogP contribution is 2.33. The maximum Gasteiger partial charge on any atom is 0.335 e. The van der Waals surface area contributed by atoms with Crippen LogP contribution in [0.3, 0.4) is 0 Å². The number of aliphatic carboxylic acids is 1. The minimum Gasteiger partial charge on any atom is -0.496 e. The number of hydrogen-bond donors (Lipinski definition) is 6. The van der Waals surface area contributed by atoms with E-state index in [4.69, 9.17) is 26.2 Å². The summed E-state index contributed by atoms with van der Waals surface area (Å²) in [5, 5.41) is 44.7. The molecule has 1 aliphatic rings. The molecule has 11 nitrogen and oxygen atoms in total. The SMILES string of the molecule is CCN(CC)CCNC(=O)c1cc(Cl)c(N[C@@H]2OC(C(=O)O)[C@@H](O)C(O)C2O)cc1OC. The molecule has 0 aromatic heterocycles. The number of likely N-dealkylation sites (N-methyl/N-ethyl adjacent to an activating group) is 1. The number of nitrogens with one attached hydrogen (secondary N) is 2. The van der Waals surface area contributed by atoms with Crippen LogP contribution in [-0.4, -0.2) is 101 Å². The van der Waals surface area contributed by atoms with Crippen LogP contribution in [-0.2, 0) is 9.53 Å². The zero-order valence-electron chi connectivity index (χ0n) is 18.1. The summed E-state index contributed by atoms with van der Waals surface area (Å²) in [5.74, 6) is -1.71. The fourth-order valence-electron chi connectivity index (χ4n) is 3.33. The molecule has 0 spiro atoms. The summed E-state index contributed by atoms with van der Waals surface area (Å²) in [4.78, 5) is 26.0. The van der Waals surface area contributed by atoms with Crippen molar-refractivity contribution in [3.63, 3.8) is 0 Å². The third-order valence-electron chi connectivity index (χ3n) is 5.30. The maximum atomic E-state index is 12.6. The average molecular weight is 476 g/mol. The molecule has 0 saturated carbocycles. The van der Waals surface area contributed by atoms with Crippen molar-refractivity contribution in [1.82, 2.24) is 10.2 Å². The van der Waals surface area contributed by atoms with E-state index in [9.17, 15) is 24.9 Å². The van der Waals surface area contributed by atoms with E-state index in [0.29, 0.717) is 13.1 Å². The molecule has 6 N–H and O–H groups in total. The van der Waals surface area contributed by atoms with E-state index in [1.807, 2.05) is 13.8 Å². The van der Waals surface area contributed by atoms with Crippen LogP contribution in [0.5, 0.6) is 5.75 Å². The second kappa shape index (κ2) is 11.6. The molecule has 1 saturated heterocycles. The third-order valence-corrected chi connectivity index (χ3v) is 5.61. The number of carboxylic acids is 1. The smallest absolute Gasteiger partial charge is 0.335 e. The molecule has 3 unspecified atom stereocenters. The van der Waals surface area contributed by atoms with Gasteiger partial charge in [0.15, 0.2) is 12.3 Å².